The molecular formula is C38H71NO5. The Kier molecular flexibility index (Phi) is 22.4. The Morgan fingerprint density at radius 2 is 1.02 bits per heavy atom. The topological polar surface area (TPSA) is 57.2 Å². The third-order valence-electron chi connectivity index (χ3n) is 9.51. The van der Waals surface area contributed by atoms with Crippen LogP contribution in [0.15, 0.2) is 12.2 Å². The van der Waals surface area contributed by atoms with E-state index in [1.807, 2.05) is 6.08 Å². The van der Waals surface area contributed by atoms with Crippen LogP contribution in [0.4, 0.5) is 0 Å². The summed E-state index contributed by atoms with van der Waals surface area (Å²) in [6.07, 6.45) is 35.1. The molecule has 0 saturated carbocycles. The zero-order valence-corrected chi connectivity index (χ0v) is 29.4. The van der Waals surface area contributed by atoms with Crippen molar-refractivity contribution < 1.29 is 23.7 Å². The highest BCUT2D eigenvalue weighted by atomic mass is 16.9. The summed E-state index contributed by atoms with van der Waals surface area (Å²) in [7, 11) is 2.11. The molecule has 2 bridgehead atoms. The van der Waals surface area contributed by atoms with E-state index in [0.29, 0.717) is 26.4 Å². The highest BCUT2D eigenvalue weighted by Crippen LogP contribution is 2.41. The fourth-order valence-electron chi connectivity index (χ4n) is 6.31. The summed E-state index contributed by atoms with van der Waals surface area (Å²) in [4.78, 5) is 14.6. The first-order valence-corrected chi connectivity index (χ1v) is 19.0. The third kappa shape index (κ3) is 18.3. The molecular weight excluding hydrogens is 550 g/mol. The van der Waals surface area contributed by atoms with Crippen LogP contribution in [0.2, 0.25) is 0 Å². The van der Waals surface area contributed by atoms with Crippen LogP contribution in [0.5, 0.6) is 0 Å². The van der Waals surface area contributed by atoms with Gasteiger partial charge in [-0.1, -0.05) is 155 Å². The number of hydrogen-bond acceptors (Lipinski definition) is 6. The quantitative estimate of drug-likeness (QED) is 0.0452. The lowest BCUT2D eigenvalue weighted by Gasteiger charge is -2.50. The Morgan fingerprint density at radius 1 is 0.614 bits per heavy atom. The molecule has 0 N–H and O–H groups in total. The van der Waals surface area contributed by atoms with E-state index in [4.69, 9.17) is 18.9 Å². The number of rotatable bonds is 30. The number of likely N-dealkylation sites (N-methyl/N-ethyl adjacent to an activating group) is 1. The molecule has 0 spiro atoms. The standard InChI is InChI=1S/C38H71NO5/c1-4-6-8-10-12-14-16-18-20-22-24-26-30-39(3)31-32-41-36(40)27-29-37-33-42-38(43-34-37,44-35-37)28-25-23-21-19-17-15-13-11-9-7-5-2/h27,29H,4-26,28,30-35H2,1-3H3. The molecule has 0 aliphatic carbocycles. The van der Waals surface area contributed by atoms with Gasteiger partial charge < -0.3 is 23.8 Å². The minimum atomic E-state index is -0.881. The maximum atomic E-state index is 12.4. The van der Waals surface area contributed by atoms with Gasteiger partial charge in [0.15, 0.2) is 0 Å². The molecule has 44 heavy (non-hydrogen) atoms. The Labute approximate surface area is 272 Å². The van der Waals surface area contributed by atoms with Crippen molar-refractivity contribution in [3.8, 4) is 0 Å². The predicted molar refractivity (Wildman–Crippen MR) is 183 cm³/mol. The maximum Gasteiger partial charge on any atom is 0.330 e. The SMILES string of the molecule is CCCCCCCCCCCCCCN(C)CCOC(=O)C=CC12COC(CCCCCCCCCCCCC)(OC1)OC2. The molecule has 0 aromatic carbocycles. The van der Waals surface area contributed by atoms with Gasteiger partial charge in [-0.15, -0.1) is 0 Å². The number of nitrogens with zero attached hydrogens (tertiary/aromatic N) is 1. The molecule has 0 radical (unpaired) electrons. The van der Waals surface area contributed by atoms with Crippen LogP contribution in [0.3, 0.4) is 0 Å². The number of carbonyl (C=O) groups excluding carboxylic acids is 1. The molecule has 3 fully saturated rings. The average molecular weight is 622 g/mol. The molecule has 3 heterocycles. The number of unbranched alkanes of at least 4 members (excludes halogenated alkanes) is 21. The summed E-state index contributed by atoms with van der Waals surface area (Å²) in [5.41, 5.74) is -0.399. The smallest absolute Gasteiger partial charge is 0.330 e. The van der Waals surface area contributed by atoms with E-state index in [1.54, 1.807) is 0 Å². The third-order valence-corrected chi connectivity index (χ3v) is 9.51. The highest BCUT2D eigenvalue weighted by Gasteiger charge is 2.51. The van der Waals surface area contributed by atoms with Gasteiger partial charge in [-0.3, -0.25) is 0 Å². The number of hydrogen-bond donors (Lipinski definition) is 0. The van der Waals surface area contributed by atoms with Gasteiger partial charge in [0.1, 0.15) is 6.61 Å². The molecule has 3 aliphatic rings. The van der Waals surface area contributed by atoms with Crippen molar-refractivity contribution in [1.82, 2.24) is 4.90 Å². The van der Waals surface area contributed by atoms with E-state index in [0.717, 1.165) is 25.9 Å². The average Bonchev–Trinajstić information content (AvgIpc) is 3.04. The van der Waals surface area contributed by atoms with Gasteiger partial charge in [-0.05, 0) is 26.4 Å². The molecule has 0 atom stereocenters. The van der Waals surface area contributed by atoms with E-state index < -0.39 is 11.4 Å². The van der Waals surface area contributed by atoms with E-state index in [1.165, 1.54) is 147 Å². The summed E-state index contributed by atoms with van der Waals surface area (Å²) in [5.74, 6) is -1.19. The van der Waals surface area contributed by atoms with Crippen LogP contribution in [0, 0.1) is 5.41 Å². The van der Waals surface area contributed by atoms with Gasteiger partial charge in [0.05, 0.1) is 25.2 Å². The van der Waals surface area contributed by atoms with Gasteiger partial charge in [0.2, 0.25) is 0 Å². The molecule has 3 rings (SSSR count). The molecule has 0 aromatic heterocycles. The van der Waals surface area contributed by atoms with Gasteiger partial charge in [-0.25, -0.2) is 4.79 Å². The zero-order chi connectivity index (χ0) is 31.6. The Balaban J connectivity index is 1.43. The molecule has 3 saturated heterocycles. The van der Waals surface area contributed by atoms with Crippen LogP contribution in [0.25, 0.3) is 0 Å². The lowest BCUT2D eigenvalue weighted by Crippen LogP contribution is -2.59. The van der Waals surface area contributed by atoms with Crippen LogP contribution in [-0.2, 0) is 23.7 Å². The van der Waals surface area contributed by atoms with Crippen LogP contribution >= 0.6 is 0 Å². The van der Waals surface area contributed by atoms with E-state index in [2.05, 4.69) is 25.8 Å². The van der Waals surface area contributed by atoms with E-state index in [9.17, 15) is 4.79 Å². The van der Waals surface area contributed by atoms with Crippen molar-refractivity contribution in [2.24, 2.45) is 5.41 Å². The van der Waals surface area contributed by atoms with Gasteiger partial charge in [0.25, 0.3) is 5.97 Å². The normalized spacial score (nSPS) is 21.5. The van der Waals surface area contributed by atoms with E-state index in [-0.39, 0.29) is 5.97 Å². The molecule has 0 amide bonds. The van der Waals surface area contributed by atoms with Crippen molar-refractivity contribution in [2.75, 3.05) is 46.6 Å². The first-order valence-electron chi connectivity index (χ1n) is 19.0. The molecule has 258 valence electrons. The second-order valence-corrected chi connectivity index (χ2v) is 13.9. The van der Waals surface area contributed by atoms with Gasteiger partial charge >= 0.3 is 5.97 Å². The Hall–Kier alpha value is -0.950. The van der Waals surface area contributed by atoms with Crippen molar-refractivity contribution >= 4 is 5.97 Å². The van der Waals surface area contributed by atoms with E-state index >= 15 is 0 Å². The fourth-order valence-corrected chi connectivity index (χ4v) is 6.31. The Bertz CT molecular complexity index is 701. The fraction of sp³-hybridized carbons (Fsp3) is 0.921. The Morgan fingerprint density at radius 3 is 1.48 bits per heavy atom. The highest BCUT2D eigenvalue weighted by molar-refractivity contribution is 5.82. The van der Waals surface area contributed by atoms with Crippen LogP contribution in [0.1, 0.15) is 168 Å². The molecule has 0 aromatic rings. The molecule has 6 nitrogen and oxygen atoms in total. The minimum absolute atomic E-state index is 0.304. The van der Waals surface area contributed by atoms with Crippen molar-refractivity contribution in [2.45, 2.75) is 174 Å². The predicted octanol–water partition coefficient (Wildman–Crippen LogP) is 10.1. The second kappa shape index (κ2) is 25.2. The number of esters is 1. The van der Waals surface area contributed by atoms with Crippen LogP contribution in [-0.4, -0.2) is 63.4 Å². The molecule has 6 heteroatoms. The summed E-state index contributed by atoms with van der Waals surface area (Å²) in [5, 5.41) is 0. The largest absolute Gasteiger partial charge is 0.461 e. The lowest BCUT2D eigenvalue weighted by atomic mass is 9.88. The van der Waals surface area contributed by atoms with Crippen molar-refractivity contribution in [3.63, 3.8) is 0 Å². The van der Waals surface area contributed by atoms with Crippen molar-refractivity contribution in [3.05, 3.63) is 12.2 Å². The molecule has 3 aliphatic heterocycles. The minimum Gasteiger partial charge on any atom is -0.461 e. The first kappa shape index (κ1) is 39.2. The summed E-state index contributed by atoms with van der Waals surface area (Å²) in [6, 6.07) is 0. The first-order chi connectivity index (χ1) is 21.5. The van der Waals surface area contributed by atoms with Crippen molar-refractivity contribution in [1.29, 1.82) is 0 Å². The summed E-state index contributed by atoms with van der Waals surface area (Å²) >= 11 is 0. The lowest BCUT2D eigenvalue weighted by molar-refractivity contribution is -0.463. The number of ether oxygens (including phenoxy) is 4. The van der Waals surface area contributed by atoms with Crippen LogP contribution < -0.4 is 0 Å². The summed E-state index contributed by atoms with van der Waals surface area (Å²) in [6.45, 7) is 8.36. The zero-order valence-electron chi connectivity index (χ0n) is 29.4. The monoisotopic (exact) mass is 622 g/mol. The van der Waals surface area contributed by atoms with Gasteiger partial charge in [0, 0.05) is 19.0 Å². The second-order valence-electron chi connectivity index (χ2n) is 13.9. The molecule has 0 unspecified atom stereocenters. The maximum absolute atomic E-state index is 12.4. The number of fused-ring (bicyclic) bond motifs is 3. The van der Waals surface area contributed by atoms with Gasteiger partial charge in [-0.2, -0.15) is 0 Å². The summed E-state index contributed by atoms with van der Waals surface area (Å²) < 4.78 is 23.6. The number of carbonyl (C=O) groups is 1.